The van der Waals surface area contributed by atoms with Crippen molar-refractivity contribution in [2.45, 2.75) is 32.7 Å². The molecule has 3 aromatic rings. The fraction of sp³-hybridized carbons (Fsp3) is 0.261. The van der Waals surface area contributed by atoms with E-state index in [2.05, 4.69) is 23.4 Å². The average Bonchev–Trinajstić information content (AvgIpc) is 3.14. The summed E-state index contributed by atoms with van der Waals surface area (Å²) in [5.74, 6) is -0.167. The molecule has 3 rings (SSSR count). The predicted octanol–water partition coefficient (Wildman–Crippen LogP) is 4.17. The van der Waals surface area contributed by atoms with Crippen LogP contribution in [0.5, 0.6) is 0 Å². The molecule has 1 aromatic heterocycles. The third-order valence-electron chi connectivity index (χ3n) is 4.75. The van der Waals surface area contributed by atoms with E-state index in [4.69, 9.17) is 0 Å². The number of carbonyl (C=O) groups is 1. The number of amides is 1. The van der Waals surface area contributed by atoms with Crippen LogP contribution in [0.3, 0.4) is 0 Å². The molecule has 0 radical (unpaired) electrons. The zero-order valence-corrected chi connectivity index (χ0v) is 16.3. The molecule has 0 atom stereocenters. The molecule has 142 valence electrons. The van der Waals surface area contributed by atoms with Crippen molar-refractivity contribution in [1.82, 2.24) is 15.1 Å². The normalized spacial score (nSPS) is 10.5. The lowest BCUT2D eigenvalue weighted by Crippen LogP contribution is -2.18. The monoisotopic (exact) mass is 372 g/mol. The lowest BCUT2D eigenvalue weighted by Gasteiger charge is -2.09. The number of carbonyl (C=O) groups excluding carboxylic acids is 1. The molecule has 5 heteroatoms. The van der Waals surface area contributed by atoms with Crippen molar-refractivity contribution < 1.29 is 4.79 Å². The van der Waals surface area contributed by atoms with Crippen molar-refractivity contribution in [1.29, 1.82) is 5.26 Å². The Balaban J connectivity index is 1.85. The van der Waals surface area contributed by atoms with Gasteiger partial charge >= 0.3 is 0 Å². The lowest BCUT2D eigenvalue weighted by atomic mass is 9.99. The molecule has 2 aromatic carbocycles. The molecule has 0 bridgehead atoms. The largest absolute Gasteiger partial charge is 0.354 e. The first-order chi connectivity index (χ1) is 13.7. The Hall–Kier alpha value is -3.39. The van der Waals surface area contributed by atoms with Gasteiger partial charge in [0.25, 0.3) is 5.91 Å². The van der Waals surface area contributed by atoms with Gasteiger partial charge in [-0.05, 0) is 41.7 Å². The fourth-order valence-electron chi connectivity index (χ4n) is 3.19. The standard InChI is InChI=1S/C23H24N4O/c1-3-4-8-20-14-22(23(28)25-2)26-27(20)16-17-10-12-18(13-11-17)21-9-6-5-7-19(21)15-24/h5-7,9-14H,3-4,8,16H2,1-2H3,(H,25,28). The number of aromatic nitrogens is 2. The molecule has 5 nitrogen and oxygen atoms in total. The van der Waals surface area contributed by atoms with Gasteiger partial charge in [0.05, 0.1) is 18.2 Å². The van der Waals surface area contributed by atoms with Crippen molar-refractivity contribution in [3.63, 3.8) is 0 Å². The Labute approximate surface area is 165 Å². The summed E-state index contributed by atoms with van der Waals surface area (Å²) in [6.45, 7) is 2.76. The molecular weight excluding hydrogens is 348 g/mol. The van der Waals surface area contributed by atoms with Gasteiger partial charge in [0.1, 0.15) is 5.69 Å². The highest BCUT2D eigenvalue weighted by atomic mass is 16.1. The molecule has 0 spiro atoms. The molecule has 1 N–H and O–H groups in total. The summed E-state index contributed by atoms with van der Waals surface area (Å²) in [6.07, 6.45) is 3.05. The van der Waals surface area contributed by atoms with Crippen LogP contribution in [0, 0.1) is 11.3 Å². The van der Waals surface area contributed by atoms with Crippen LogP contribution in [-0.2, 0) is 13.0 Å². The Bertz CT molecular complexity index is 996. The Morgan fingerprint density at radius 3 is 2.61 bits per heavy atom. The topological polar surface area (TPSA) is 70.7 Å². The van der Waals surface area contributed by atoms with Crippen LogP contribution in [0.2, 0.25) is 0 Å². The molecule has 1 heterocycles. The van der Waals surface area contributed by atoms with E-state index in [1.807, 2.05) is 59.3 Å². The number of hydrogen-bond donors (Lipinski definition) is 1. The summed E-state index contributed by atoms with van der Waals surface area (Å²) in [6, 6.07) is 19.9. The minimum absolute atomic E-state index is 0.167. The molecule has 0 unspecified atom stereocenters. The van der Waals surface area contributed by atoms with E-state index < -0.39 is 0 Å². The smallest absolute Gasteiger partial charge is 0.271 e. The molecule has 28 heavy (non-hydrogen) atoms. The highest BCUT2D eigenvalue weighted by molar-refractivity contribution is 5.92. The van der Waals surface area contributed by atoms with Crippen LogP contribution < -0.4 is 5.32 Å². The van der Waals surface area contributed by atoms with Gasteiger partial charge in [-0.25, -0.2) is 0 Å². The SMILES string of the molecule is CCCCc1cc(C(=O)NC)nn1Cc1ccc(-c2ccccc2C#N)cc1. The zero-order valence-electron chi connectivity index (χ0n) is 16.3. The van der Waals surface area contributed by atoms with Gasteiger partial charge in [-0.2, -0.15) is 10.4 Å². The van der Waals surface area contributed by atoms with E-state index in [1.165, 1.54) is 0 Å². The summed E-state index contributed by atoms with van der Waals surface area (Å²) in [4.78, 5) is 12.0. The third kappa shape index (κ3) is 4.29. The lowest BCUT2D eigenvalue weighted by molar-refractivity contribution is 0.0957. The fourth-order valence-corrected chi connectivity index (χ4v) is 3.19. The molecule has 0 saturated heterocycles. The van der Waals surface area contributed by atoms with Crippen LogP contribution in [0.15, 0.2) is 54.6 Å². The maximum atomic E-state index is 12.0. The Kier molecular flexibility index (Phi) is 6.23. The van der Waals surface area contributed by atoms with Gasteiger partial charge in [-0.3, -0.25) is 9.48 Å². The van der Waals surface area contributed by atoms with Crippen molar-refractivity contribution in [2.75, 3.05) is 7.05 Å². The van der Waals surface area contributed by atoms with Crippen LogP contribution in [0.4, 0.5) is 0 Å². The van der Waals surface area contributed by atoms with Gasteiger partial charge < -0.3 is 5.32 Å². The minimum Gasteiger partial charge on any atom is -0.354 e. The molecule has 0 aliphatic rings. The van der Waals surface area contributed by atoms with Crippen LogP contribution in [0.1, 0.15) is 47.1 Å². The molecular formula is C23H24N4O. The highest BCUT2D eigenvalue weighted by Gasteiger charge is 2.13. The van der Waals surface area contributed by atoms with E-state index >= 15 is 0 Å². The zero-order chi connectivity index (χ0) is 19.9. The van der Waals surface area contributed by atoms with E-state index in [1.54, 1.807) is 7.05 Å². The first-order valence-electron chi connectivity index (χ1n) is 9.53. The van der Waals surface area contributed by atoms with E-state index in [9.17, 15) is 10.1 Å². The number of nitrogens with zero attached hydrogens (tertiary/aromatic N) is 3. The maximum absolute atomic E-state index is 12.0. The summed E-state index contributed by atoms with van der Waals surface area (Å²) < 4.78 is 1.92. The molecule has 0 aliphatic heterocycles. The molecule has 0 fully saturated rings. The highest BCUT2D eigenvalue weighted by Crippen LogP contribution is 2.24. The van der Waals surface area contributed by atoms with Crippen molar-refractivity contribution >= 4 is 5.91 Å². The van der Waals surface area contributed by atoms with Gasteiger partial charge in [-0.1, -0.05) is 55.8 Å². The maximum Gasteiger partial charge on any atom is 0.271 e. The van der Waals surface area contributed by atoms with E-state index in [0.29, 0.717) is 17.8 Å². The van der Waals surface area contributed by atoms with E-state index in [0.717, 1.165) is 41.6 Å². The second-order valence-electron chi connectivity index (χ2n) is 6.72. The van der Waals surface area contributed by atoms with Gasteiger partial charge in [0, 0.05) is 12.7 Å². The second kappa shape index (κ2) is 9.01. The number of hydrogen-bond acceptors (Lipinski definition) is 3. The predicted molar refractivity (Wildman–Crippen MR) is 110 cm³/mol. The van der Waals surface area contributed by atoms with Gasteiger partial charge in [0.15, 0.2) is 0 Å². The molecule has 0 aliphatic carbocycles. The number of unbranched alkanes of at least 4 members (excludes halogenated alkanes) is 1. The van der Waals surface area contributed by atoms with Gasteiger partial charge in [-0.15, -0.1) is 0 Å². The van der Waals surface area contributed by atoms with Crippen molar-refractivity contribution in [3.05, 3.63) is 77.1 Å². The van der Waals surface area contributed by atoms with Crippen LogP contribution >= 0.6 is 0 Å². The van der Waals surface area contributed by atoms with Crippen molar-refractivity contribution in [2.24, 2.45) is 0 Å². The van der Waals surface area contributed by atoms with E-state index in [-0.39, 0.29) is 5.91 Å². The van der Waals surface area contributed by atoms with Crippen molar-refractivity contribution in [3.8, 4) is 17.2 Å². The van der Waals surface area contributed by atoms with Crippen LogP contribution in [-0.4, -0.2) is 22.7 Å². The summed E-state index contributed by atoms with van der Waals surface area (Å²) in [7, 11) is 1.62. The molecule has 1 amide bonds. The number of rotatable bonds is 7. The first kappa shape index (κ1) is 19.4. The summed E-state index contributed by atoms with van der Waals surface area (Å²) in [5.41, 5.74) is 5.23. The van der Waals surface area contributed by atoms with Crippen LogP contribution in [0.25, 0.3) is 11.1 Å². The number of benzene rings is 2. The molecule has 0 saturated carbocycles. The number of nitriles is 1. The van der Waals surface area contributed by atoms with Gasteiger partial charge in [0.2, 0.25) is 0 Å². The second-order valence-corrected chi connectivity index (χ2v) is 6.72. The summed E-state index contributed by atoms with van der Waals surface area (Å²) >= 11 is 0. The summed E-state index contributed by atoms with van der Waals surface area (Å²) in [5, 5.41) is 16.4. The Morgan fingerprint density at radius 1 is 1.18 bits per heavy atom. The third-order valence-corrected chi connectivity index (χ3v) is 4.75. The average molecular weight is 372 g/mol. The quantitative estimate of drug-likeness (QED) is 0.676. The first-order valence-corrected chi connectivity index (χ1v) is 9.53. The Morgan fingerprint density at radius 2 is 1.93 bits per heavy atom. The minimum atomic E-state index is -0.167. The number of aryl methyl sites for hydroxylation is 1. The number of nitrogens with one attached hydrogen (secondary N) is 1.